The molecule has 2 aliphatic carbocycles. The molecule has 0 amide bonds. The van der Waals surface area contributed by atoms with Crippen LogP contribution in [0.25, 0.3) is 34.4 Å². The summed E-state index contributed by atoms with van der Waals surface area (Å²) in [4.78, 5) is 0. The van der Waals surface area contributed by atoms with Crippen LogP contribution in [0.2, 0.25) is 13.1 Å². The van der Waals surface area contributed by atoms with E-state index in [2.05, 4.69) is 150 Å². The molecule has 0 saturated heterocycles. The molecule has 6 rings (SSSR count). The molecular formula is C40H45Cl2SiZr. The molecule has 4 atom stereocenters. The quantitative estimate of drug-likeness (QED) is 0.151. The predicted molar refractivity (Wildman–Crippen MR) is 195 cm³/mol. The summed E-state index contributed by atoms with van der Waals surface area (Å²) in [7, 11) is 17.5. The van der Waals surface area contributed by atoms with Crippen molar-refractivity contribution in [2.24, 2.45) is 11.8 Å². The number of hydrogen-bond acceptors (Lipinski definition) is 0. The molecule has 0 N–H and O–H groups in total. The molecule has 0 heterocycles. The maximum absolute atomic E-state index is 8.74. The first-order valence-electron chi connectivity index (χ1n) is 16.5. The normalized spacial score (nSPS) is 19.9. The zero-order chi connectivity index (χ0) is 31.2. The molecule has 0 nitrogen and oxygen atoms in total. The van der Waals surface area contributed by atoms with Gasteiger partial charge >= 0.3 is 276 Å². The number of halogens is 2. The minimum absolute atomic E-state index is 0.101. The average Bonchev–Trinajstić information content (AvgIpc) is 3.66. The fourth-order valence-corrected chi connectivity index (χ4v) is 39.2. The Kier molecular flexibility index (Phi) is 8.97. The number of fused-ring (bicyclic) bond motifs is 2. The third kappa shape index (κ3) is 5.04. The summed E-state index contributed by atoms with van der Waals surface area (Å²) in [5.41, 5.74) is 13.4. The van der Waals surface area contributed by atoms with E-state index in [1.165, 1.54) is 55.7 Å². The van der Waals surface area contributed by atoms with Gasteiger partial charge in [-0.05, 0) is 0 Å². The molecule has 44 heavy (non-hydrogen) atoms. The van der Waals surface area contributed by atoms with E-state index >= 15 is 0 Å². The molecule has 0 aliphatic heterocycles. The van der Waals surface area contributed by atoms with Crippen molar-refractivity contribution in [2.75, 3.05) is 0 Å². The molecular weight excluding hydrogens is 671 g/mol. The van der Waals surface area contributed by atoms with Gasteiger partial charge in [0.15, 0.2) is 0 Å². The Bertz CT molecular complexity index is 1620. The van der Waals surface area contributed by atoms with E-state index in [-0.39, 0.29) is 7.25 Å². The second-order valence-corrected chi connectivity index (χ2v) is 56.0. The minimum atomic E-state index is -4.87. The van der Waals surface area contributed by atoms with Crippen LogP contribution in [0.4, 0.5) is 0 Å². The van der Waals surface area contributed by atoms with Gasteiger partial charge in [0.2, 0.25) is 0 Å². The van der Waals surface area contributed by atoms with Crippen LogP contribution in [0.3, 0.4) is 0 Å². The van der Waals surface area contributed by atoms with E-state index < -0.39 is 21.5 Å². The second-order valence-electron chi connectivity index (χ2n) is 13.5. The van der Waals surface area contributed by atoms with Gasteiger partial charge in [-0.25, -0.2) is 0 Å². The standard InChI is InChI=1S/2C19H19.C2H7Si.2ClH.Zr/c2*1-3-14(2)17-12-16-10-7-11-18(19(16)13-17)15-8-5-4-6-9-15;1-3-2;;;/h2*4-14H,3H2,1-2H3;3H,1-2H3;2*1H;/q;;;;;+2/p-2. The van der Waals surface area contributed by atoms with Crippen molar-refractivity contribution in [1.82, 2.24) is 0 Å². The summed E-state index contributed by atoms with van der Waals surface area (Å²) in [5.74, 6) is -0.832. The van der Waals surface area contributed by atoms with Crippen LogP contribution < -0.4 is 0 Å². The topological polar surface area (TPSA) is 0 Å². The molecule has 4 unspecified atom stereocenters. The number of allylic oxidation sites excluding steroid dienone is 2. The third-order valence-corrected chi connectivity index (χ3v) is 62.6. The SMILES string of the molecule is CCC(C)C1=Cc2c(-c3ccccc3)cccc2[CH]1[Zr]([Cl])([Cl])([CH]1C(C(C)CC)=Cc2c(-c3ccccc3)cccc21)[SiH](C)C. The Labute approximate surface area is 274 Å². The van der Waals surface area contributed by atoms with Gasteiger partial charge < -0.3 is 0 Å². The maximum atomic E-state index is 8.74. The van der Waals surface area contributed by atoms with Crippen LogP contribution in [-0.4, -0.2) is 5.92 Å². The van der Waals surface area contributed by atoms with Crippen molar-refractivity contribution < 1.29 is 15.6 Å². The van der Waals surface area contributed by atoms with E-state index in [0.717, 1.165) is 12.8 Å². The first-order chi connectivity index (χ1) is 21.1. The Balaban J connectivity index is 1.64. The molecule has 0 spiro atoms. The van der Waals surface area contributed by atoms with E-state index in [9.17, 15) is 0 Å². The number of hydrogen-bond donors (Lipinski definition) is 0. The summed E-state index contributed by atoms with van der Waals surface area (Å²) in [6, 6.07) is 35.4. The van der Waals surface area contributed by atoms with E-state index in [0.29, 0.717) is 11.8 Å². The van der Waals surface area contributed by atoms with Crippen LogP contribution in [-0.2, 0) is 15.6 Å². The van der Waals surface area contributed by atoms with Crippen LogP contribution in [0.15, 0.2) is 108 Å². The van der Waals surface area contributed by atoms with Crippen molar-refractivity contribution in [3.05, 3.63) is 130 Å². The van der Waals surface area contributed by atoms with Gasteiger partial charge in [-0.15, -0.1) is 0 Å². The Morgan fingerprint density at radius 3 is 1.32 bits per heavy atom. The van der Waals surface area contributed by atoms with Gasteiger partial charge in [-0.3, -0.25) is 0 Å². The molecule has 4 heteroatoms. The summed E-state index contributed by atoms with van der Waals surface area (Å²) < 4.78 is 0.202. The van der Waals surface area contributed by atoms with Gasteiger partial charge in [0.05, 0.1) is 0 Å². The van der Waals surface area contributed by atoms with E-state index in [4.69, 9.17) is 17.0 Å². The molecule has 0 fully saturated rings. The van der Waals surface area contributed by atoms with Crippen LogP contribution in [0.5, 0.6) is 0 Å². The van der Waals surface area contributed by atoms with Gasteiger partial charge in [0.25, 0.3) is 0 Å². The van der Waals surface area contributed by atoms with Crippen molar-refractivity contribution in [3.8, 4) is 22.3 Å². The zero-order valence-electron chi connectivity index (χ0n) is 26.9. The summed E-state index contributed by atoms with van der Waals surface area (Å²) in [6.45, 7) is 14.3. The number of benzene rings is 4. The summed E-state index contributed by atoms with van der Waals surface area (Å²) in [5, 5.41) is 0. The molecule has 2 aliphatic rings. The van der Waals surface area contributed by atoms with Crippen molar-refractivity contribution in [2.45, 2.75) is 60.9 Å². The Morgan fingerprint density at radius 2 is 0.977 bits per heavy atom. The molecule has 4 aromatic carbocycles. The fourth-order valence-electron chi connectivity index (χ4n) is 7.98. The van der Waals surface area contributed by atoms with Crippen molar-refractivity contribution >= 4 is 35.1 Å². The van der Waals surface area contributed by atoms with Gasteiger partial charge in [0, 0.05) is 0 Å². The fraction of sp³-hybridized carbons (Fsp3) is 0.300. The molecule has 0 bridgehead atoms. The third-order valence-electron chi connectivity index (χ3n) is 10.9. The molecule has 0 saturated carbocycles. The van der Waals surface area contributed by atoms with Gasteiger partial charge in [0.1, 0.15) is 0 Å². The van der Waals surface area contributed by atoms with Crippen LogP contribution >= 0.6 is 17.0 Å². The van der Waals surface area contributed by atoms with E-state index in [1.807, 2.05) is 0 Å². The van der Waals surface area contributed by atoms with Crippen molar-refractivity contribution in [1.29, 1.82) is 0 Å². The van der Waals surface area contributed by atoms with E-state index in [1.54, 1.807) is 0 Å². The summed E-state index contributed by atoms with van der Waals surface area (Å²) in [6.07, 6.45) is 7.16. The van der Waals surface area contributed by atoms with Gasteiger partial charge in [-0.2, -0.15) is 0 Å². The first kappa shape index (κ1) is 32.0. The van der Waals surface area contributed by atoms with Crippen LogP contribution in [0.1, 0.15) is 70.0 Å². The monoisotopic (exact) mass is 713 g/mol. The summed E-state index contributed by atoms with van der Waals surface area (Å²) >= 11 is -4.87. The molecule has 4 aromatic rings. The second kappa shape index (κ2) is 12.3. The van der Waals surface area contributed by atoms with Gasteiger partial charge in [-0.1, -0.05) is 0 Å². The Morgan fingerprint density at radius 1 is 0.591 bits per heavy atom. The Hall–Kier alpha value is -1.96. The molecule has 0 radical (unpaired) electrons. The van der Waals surface area contributed by atoms with Crippen LogP contribution in [0, 0.1) is 11.8 Å². The van der Waals surface area contributed by atoms with Crippen molar-refractivity contribution in [3.63, 3.8) is 0 Å². The number of rotatable bonds is 9. The molecule has 227 valence electrons. The molecule has 0 aromatic heterocycles. The average molecular weight is 716 g/mol. The zero-order valence-corrected chi connectivity index (χ0v) is 32.1. The predicted octanol–water partition coefficient (Wildman–Crippen LogP) is 12.7. The first-order valence-corrected chi connectivity index (χ1v) is 32.8.